The van der Waals surface area contributed by atoms with Crippen LogP contribution in [0.15, 0.2) is 59.5 Å². The number of aliphatic carboxylic acids is 1. The van der Waals surface area contributed by atoms with Crippen LogP contribution in [0.4, 0.5) is 42.1 Å². The molecule has 0 radical (unpaired) electrons. The number of rotatable bonds is 9. The highest BCUT2D eigenvalue weighted by molar-refractivity contribution is 8.00. The van der Waals surface area contributed by atoms with Crippen molar-refractivity contribution in [2.75, 3.05) is 10.6 Å². The SMILES string of the molecule is O=C(O)CCC(=O)Nc1ccc(SC(C(=O)Nc2c(F)c(F)c(C(F)(F)F)c(F)c2F)c2ccccc2)cc1. The van der Waals surface area contributed by atoms with Gasteiger partial charge in [-0.15, -0.1) is 11.8 Å². The fraction of sp³-hybridized carbons (Fsp3) is 0.160. The third-order valence-corrected chi connectivity index (χ3v) is 6.36. The average molecular weight is 574 g/mol. The summed E-state index contributed by atoms with van der Waals surface area (Å²) in [5.74, 6) is -13.2. The lowest BCUT2D eigenvalue weighted by Gasteiger charge is -2.19. The Morgan fingerprint density at radius 3 is 1.87 bits per heavy atom. The lowest BCUT2D eigenvalue weighted by molar-refractivity contribution is -0.143. The fourth-order valence-corrected chi connectivity index (χ4v) is 4.30. The molecule has 1 unspecified atom stereocenters. The number of amides is 2. The van der Waals surface area contributed by atoms with Crippen molar-refractivity contribution in [1.29, 1.82) is 0 Å². The maximum Gasteiger partial charge on any atom is 0.422 e. The molecule has 0 aliphatic heterocycles. The van der Waals surface area contributed by atoms with Gasteiger partial charge in [0.05, 0.1) is 6.42 Å². The van der Waals surface area contributed by atoms with Crippen molar-refractivity contribution in [3.8, 4) is 0 Å². The van der Waals surface area contributed by atoms with Crippen LogP contribution in [-0.4, -0.2) is 22.9 Å². The van der Waals surface area contributed by atoms with Gasteiger partial charge in [-0.1, -0.05) is 30.3 Å². The average Bonchev–Trinajstić information content (AvgIpc) is 2.88. The Bertz CT molecular complexity index is 1350. The number of carbonyl (C=O) groups is 3. The number of thioether (sulfide) groups is 1. The van der Waals surface area contributed by atoms with Crippen molar-refractivity contribution in [1.82, 2.24) is 0 Å². The number of hydrogen-bond donors (Lipinski definition) is 3. The number of hydrogen-bond acceptors (Lipinski definition) is 4. The highest BCUT2D eigenvalue weighted by atomic mass is 32.2. The van der Waals surface area contributed by atoms with Gasteiger partial charge in [-0.05, 0) is 29.8 Å². The van der Waals surface area contributed by atoms with Gasteiger partial charge in [-0.2, -0.15) is 13.2 Å². The Morgan fingerprint density at radius 1 is 0.795 bits per heavy atom. The van der Waals surface area contributed by atoms with Crippen LogP contribution in [0.25, 0.3) is 0 Å². The molecule has 3 rings (SSSR count). The van der Waals surface area contributed by atoms with Gasteiger partial charge in [0.2, 0.25) is 11.8 Å². The first kappa shape index (κ1) is 29.5. The van der Waals surface area contributed by atoms with Gasteiger partial charge >= 0.3 is 12.1 Å². The zero-order valence-corrected chi connectivity index (χ0v) is 20.2. The topological polar surface area (TPSA) is 95.5 Å². The first-order valence-electron chi connectivity index (χ1n) is 10.9. The number of carboxylic acids is 1. The molecule has 3 aromatic carbocycles. The smallest absolute Gasteiger partial charge is 0.422 e. The Labute approximate surface area is 220 Å². The Hall–Kier alpha value is -4.07. The summed E-state index contributed by atoms with van der Waals surface area (Å²) < 4.78 is 95.4. The monoisotopic (exact) mass is 574 g/mol. The molecule has 0 aliphatic rings. The van der Waals surface area contributed by atoms with E-state index in [4.69, 9.17) is 5.11 Å². The minimum absolute atomic E-state index is 0.264. The number of nitrogens with one attached hydrogen (secondary N) is 2. The fourth-order valence-electron chi connectivity index (χ4n) is 3.28. The Kier molecular flexibility index (Phi) is 9.22. The quantitative estimate of drug-likeness (QED) is 0.153. The van der Waals surface area contributed by atoms with Gasteiger partial charge in [0.15, 0.2) is 23.3 Å². The molecule has 1 atom stereocenters. The molecule has 6 nitrogen and oxygen atoms in total. The molecule has 0 aliphatic carbocycles. The van der Waals surface area contributed by atoms with Crippen molar-refractivity contribution >= 4 is 40.9 Å². The number of carboxylic acid groups (broad SMARTS) is 1. The van der Waals surface area contributed by atoms with Gasteiger partial charge in [0, 0.05) is 17.0 Å². The van der Waals surface area contributed by atoms with Crippen LogP contribution in [-0.2, 0) is 20.6 Å². The first-order chi connectivity index (χ1) is 18.3. The number of halogens is 7. The van der Waals surface area contributed by atoms with E-state index in [0.717, 1.165) is 11.8 Å². The van der Waals surface area contributed by atoms with Crippen molar-refractivity contribution in [3.05, 3.63) is 89.0 Å². The summed E-state index contributed by atoms with van der Waals surface area (Å²) >= 11 is 0.824. The predicted octanol–water partition coefficient (Wildman–Crippen LogP) is 6.54. The normalized spacial score (nSPS) is 12.1. The van der Waals surface area contributed by atoms with Gasteiger partial charge in [-0.25, -0.2) is 17.6 Å². The van der Waals surface area contributed by atoms with Crippen molar-refractivity contribution < 1.29 is 50.2 Å². The molecule has 0 saturated heterocycles. The van der Waals surface area contributed by atoms with Gasteiger partial charge < -0.3 is 15.7 Å². The summed E-state index contributed by atoms with van der Waals surface area (Å²) in [6.45, 7) is 0. The van der Waals surface area contributed by atoms with E-state index in [2.05, 4.69) is 5.32 Å². The van der Waals surface area contributed by atoms with Gasteiger partial charge in [0.1, 0.15) is 16.5 Å². The number of benzene rings is 3. The van der Waals surface area contributed by atoms with E-state index >= 15 is 0 Å². The molecule has 3 aromatic rings. The molecule has 0 bridgehead atoms. The standard InChI is InChI=1S/C25H17F7N2O4S/c26-18-17(25(30,31)32)19(27)21(29)22(20(18)28)34-24(38)23(12-4-2-1-3-5-12)39-14-8-6-13(7-9-14)33-15(35)10-11-16(36)37/h1-9,23H,10-11H2,(H,33,35)(H,34,38)(H,36,37). The molecule has 0 aromatic heterocycles. The van der Waals surface area contributed by atoms with Crippen LogP contribution >= 0.6 is 11.8 Å². The molecule has 39 heavy (non-hydrogen) atoms. The molecule has 0 saturated carbocycles. The predicted molar refractivity (Wildman–Crippen MR) is 127 cm³/mol. The Morgan fingerprint density at radius 2 is 1.36 bits per heavy atom. The van der Waals surface area contributed by atoms with Crippen molar-refractivity contribution in [2.45, 2.75) is 29.2 Å². The summed E-state index contributed by atoms with van der Waals surface area (Å²) in [6, 6.07) is 13.4. The van der Waals surface area contributed by atoms with Crippen LogP contribution in [0.5, 0.6) is 0 Å². The summed E-state index contributed by atoms with van der Waals surface area (Å²) in [4.78, 5) is 35.8. The van der Waals surface area contributed by atoms with E-state index in [1.165, 1.54) is 48.5 Å². The van der Waals surface area contributed by atoms with Crippen LogP contribution < -0.4 is 10.6 Å². The van der Waals surface area contributed by atoms with E-state index in [-0.39, 0.29) is 18.4 Å². The van der Waals surface area contributed by atoms with Crippen LogP contribution in [0.2, 0.25) is 0 Å². The number of alkyl halides is 3. The minimum Gasteiger partial charge on any atom is -0.481 e. The lowest BCUT2D eigenvalue weighted by atomic mass is 10.1. The number of anilines is 2. The molecular formula is C25H17F7N2O4S. The van der Waals surface area contributed by atoms with E-state index in [1.54, 1.807) is 11.4 Å². The van der Waals surface area contributed by atoms with Crippen molar-refractivity contribution in [3.63, 3.8) is 0 Å². The summed E-state index contributed by atoms with van der Waals surface area (Å²) in [5, 5.41) is 11.5. The molecule has 0 spiro atoms. The summed E-state index contributed by atoms with van der Waals surface area (Å²) in [7, 11) is 0. The molecule has 3 N–H and O–H groups in total. The molecule has 0 heterocycles. The Balaban J connectivity index is 1.87. The van der Waals surface area contributed by atoms with Gasteiger partial charge in [-0.3, -0.25) is 14.4 Å². The molecule has 0 fully saturated rings. The van der Waals surface area contributed by atoms with E-state index < -0.39 is 63.7 Å². The highest BCUT2D eigenvalue weighted by Gasteiger charge is 2.42. The maximum absolute atomic E-state index is 14.4. The summed E-state index contributed by atoms with van der Waals surface area (Å²) in [5.41, 5.74) is -3.90. The van der Waals surface area contributed by atoms with Crippen LogP contribution in [0.3, 0.4) is 0 Å². The molecule has 14 heteroatoms. The van der Waals surface area contributed by atoms with Crippen LogP contribution in [0, 0.1) is 23.3 Å². The van der Waals surface area contributed by atoms with E-state index in [0.29, 0.717) is 10.6 Å². The largest absolute Gasteiger partial charge is 0.481 e. The lowest BCUT2D eigenvalue weighted by Crippen LogP contribution is -2.23. The minimum atomic E-state index is -5.73. The molecule has 2 amide bonds. The highest BCUT2D eigenvalue weighted by Crippen LogP contribution is 2.40. The van der Waals surface area contributed by atoms with Gasteiger partial charge in [0.25, 0.3) is 0 Å². The van der Waals surface area contributed by atoms with Crippen LogP contribution in [0.1, 0.15) is 29.2 Å². The zero-order valence-electron chi connectivity index (χ0n) is 19.4. The number of carbonyl (C=O) groups excluding carboxylic acids is 2. The second kappa shape index (κ2) is 12.2. The first-order valence-corrected chi connectivity index (χ1v) is 11.7. The zero-order chi connectivity index (χ0) is 28.9. The van der Waals surface area contributed by atoms with E-state index in [9.17, 15) is 45.1 Å². The second-order valence-corrected chi connectivity index (χ2v) is 9.05. The van der Waals surface area contributed by atoms with Crippen molar-refractivity contribution in [2.24, 2.45) is 0 Å². The third-order valence-electron chi connectivity index (χ3n) is 5.09. The molecular weight excluding hydrogens is 557 g/mol. The van der Waals surface area contributed by atoms with E-state index in [1.807, 2.05) is 0 Å². The third kappa shape index (κ3) is 7.28. The molecule has 206 valence electrons. The summed E-state index contributed by atoms with van der Waals surface area (Å²) in [6.07, 6.45) is -6.37. The second-order valence-electron chi connectivity index (χ2n) is 7.87. The maximum atomic E-state index is 14.4.